The molecule has 1 heteroatoms. The molecule has 0 N–H and O–H groups in total. The van der Waals surface area contributed by atoms with Crippen LogP contribution in [0.4, 0.5) is 0 Å². The average molecular weight is 190 g/mol. The maximum absolute atomic E-state index is 11.1. The fourth-order valence-electron chi connectivity index (χ4n) is 1.61. The van der Waals surface area contributed by atoms with Crippen molar-refractivity contribution in [3.05, 3.63) is 35.9 Å². The van der Waals surface area contributed by atoms with Crippen LogP contribution in [0.3, 0.4) is 0 Å². The lowest BCUT2D eigenvalue weighted by Crippen LogP contribution is -2.09. The van der Waals surface area contributed by atoms with E-state index < -0.39 is 0 Å². The van der Waals surface area contributed by atoms with Crippen LogP contribution >= 0.6 is 0 Å². The van der Waals surface area contributed by atoms with Gasteiger partial charge in [-0.2, -0.15) is 0 Å². The predicted molar refractivity (Wildman–Crippen MR) is 59.3 cm³/mol. The molecular weight excluding hydrogens is 172 g/mol. The van der Waals surface area contributed by atoms with Crippen LogP contribution in [0.2, 0.25) is 0 Å². The molecule has 0 aromatic heterocycles. The Hall–Kier alpha value is -1.11. The first kappa shape index (κ1) is 11.0. The minimum Gasteiger partial charge on any atom is -0.300 e. The highest BCUT2D eigenvalue weighted by Gasteiger charge is 2.13. The Labute approximate surface area is 86.1 Å². The van der Waals surface area contributed by atoms with E-state index in [-0.39, 0.29) is 11.7 Å². The van der Waals surface area contributed by atoms with Gasteiger partial charge in [0.25, 0.3) is 0 Å². The molecular formula is C13H18O. The summed E-state index contributed by atoms with van der Waals surface area (Å²) in [5.74, 6) is 0.924. The second-order valence-corrected chi connectivity index (χ2v) is 4.06. The molecule has 0 aliphatic carbocycles. The summed E-state index contributed by atoms with van der Waals surface area (Å²) in [4.78, 5) is 11.1. The Morgan fingerprint density at radius 2 is 1.79 bits per heavy atom. The normalized spacial score (nSPS) is 14.8. The molecule has 76 valence electrons. The summed E-state index contributed by atoms with van der Waals surface area (Å²) in [7, 11) is 0. The van der Waals surface area contributed by atoms with E-state index in [0.29, 0.717) is 5.92 Å². The number of hydrogen-bond donors (Lipinski definition) is 0. The van der Waals surface area contributed by atoms with Crippen LogP contribution in [0.5, 0.6) is 0 Å². The number of carbonyl (C=O) groups is 1. The van der Waals surface area contributed by atoms with Gasteiger partial charge in [0.1, 0.15) is 5.78 Å². The molecule has 0 bridgehead atoms. The number of ketones is 1. The van der Waals surface area contributed by atoms with E-state index in [9.17, 15) is 4.79 Å². The lowest BCUT2D eigenvalue weighted by atomic mass is 9.89. The summed E-state index contributed by atoms with van der Waals surface area (Å²) in [5.41, 5.74) is 1.32. The highest BCUT2D eigenvalue weighted by atomic mass is 16.1. The lowest BCUT2D eigenvalue weighted by Gasteiger charge is -2.15. The Morgan fingerprint density at radius 1 is 1.21 bits per heavy atom. The summed E-state index contributed by atoms with van der Waals surface area (Å²) in [6, 6.07) is 10.4. The van der Waals surface area contributed by atoms with Crippen molar-refractivity contribution in [1.29, 1.82) is 0 Å². The van der Waals surface area contributed by atoms with Crippen molar-refractivity contribution in [1.82, 2.24) is 0 Å². The third kappa shape index (κ3) is 2.99. The fraction of sp³-hybridized carbons (Fsp3) is 0.462. The molecule has 0 radical (unpaired) electrons. The van der Waals surface area contributed by atoms with E-state index in [4.69, 9.17) is 0 Å². The van der Waals surface area contributed by atoms with Gasteiger partial charge in [-0.25, -0.2) is 0 Å². The summed E-state index contributed by atoms with van der Waals surface area (Å²) >= 11 is 0. The Balaban J connectivity index is 2.59. The molecule has 0 saturated heterocycles. The van der Waals surface area contributed by atoms with Gasteiger partial charge in [-0.15, -0.1) is 0 Å². The molecule has 14 heavy (non-hydrogen) atoms. The van der Waals surface area contributed by atoms with Crippen molar-refractivity contribution in [2.24, 2.45) is 5.92 Å². The SMILES string of the molecule is CC(=O)C(C)C[C@@H](C)c1ccccc1. The van der Waals surface area contributed by atoms with Crippen LogP contribution in [0, 0.1) is 5.92 Å². The molecule has 0 amide bonds. The van der Waals surface area contributed by atoms with Gasteiger partial charge in [-0.3, -0.25) is 4.79 Å². The minimum atomic E-state index is 0.171. The second kappa shape index (κ2) is 4.94. The third-order valence-electron chi connectivity index (χ3n) is 2.77. The highest BCUT2D eigenvalue weighted by molar-refractivity contribution is 5.77. The molecule has 1 unspecified atom stereocenters. The van der Waals surface area contributed by atoms with Crippen molar-refractivity contribution in [3.63, 3.8) is 0 Å². The largest absolute Gasteiger partial charge is 0.300 e. The van der Waals surface area contributed by atoms with Crippen LogP contribution < -0.4 is 0 Å². The van der Waals surface area contributed by atoms with Gasteiger partial charge in [0.2, 0.25) is 0 Å². The smallest absolute Gasteiger partial charge is 0.132 e. The summed E-state index contributed by atoms with van der Waals surface area (Å²) in [6.45, 7) is 5.85. The molecule has 1 rings (SSSR count). The van der Waals surface area contributed by atoms with Gasteiger partial charge in [0, 0.05) is 5.92 Å². The molecule has 0 fully saturated rings. The topological polar surface area (TPSA) is 17.1 Å². The molecule has 1 aromatic carbocycles. The Morgan fingerprint density at radius 3 is 2.29 bits per heavy atom. The van der Waals surface area contributed by atoms with E-state index in [1.807, 2.05) is 25.1 Å². The first-order valence-electron chi connectivity index (χ1n) is 5.16. The van der Waals surface area contributed by atoms with E-state index in [2.05, 4.69) is 19.1 Å². The molecule has 2 atom stereocenters. The van der Waals surface area contributed by atoms with E-state index >= 15 is 0 Å². The molecule has 0 saturated carbocycles. The van der Waals surface area contributed by atoms with Crippen molar-refractivity contribution in [3.8, 4) is 0 Å². The minimum absolute atomic E-state index is 0.171. The zero-order chi connectivity index (χ0) is 10.6. The highest BCUT2D eigenvalue weighted by Crippen LogP contribution is 2.23. The fourth-order valence-corrected chi connectivity index (χ4v) is 1.61. The summed E-state index contributed by atoms with van der Waals surface area (Å²) in [5, 5.41) is 0. The summed E-state index contributed by atoms with van der Waals surface area (Å²) < 4.78 is 0. The van der Waals surface area contributed by atoms with E-state index in [0.717, 1.165) is 6.42 Å². The number of hydrogen-bond acceptors (Lipinski definition) is 1. The van der Waals surface area contributed by atoms with Crippen LogP contribution in [0.15, 0.2) is 30.3 Å². The average Bonchev–Trinajstić information content (AvgIpc) is 2.19. The molecule has 1 aromatic rings. The maximum Gasteiger partial charge on any atom is 0.132 e. The monoisotopic (exact) mass is 190 g/mol. The number of carbonyl (C=O) groups excluding carboxylic acids is 1. The van der Waals surface area contributed by atoms with E-state index in [1.54, 1.807) is 6.92 Å². The second-order valence-electron chi connectivity index (χ2n) is 4.06. The zero-order valence-electron chi connectivity index (χ0n) is 9.16. The zero-order valence-corrected chi connectivity index (χ0v) is 9.16. The van der Waals surface area contributed by atoms with Gasteiger partial charge in [-0.1, -0.05) is 44.2 Å². The molecule has 0 aliphatic rings. The standard InChI is InChI=1S/C13H18O/c1-10(12(3)14)9-11(2)13-7-5-4-6-8-13/h4-8,10-11H,9H2,1-3H3/t10?,11-/m1/s1. The summed E-state index contributed by atoms with van der Waals surface area (Å²) in [6.07, 6.45) is 0.944. The van der Waals surface area contributed by atoms with Crippen molar-refractivity contribution < 1.29 is 4.79 Å². The number of Topliss-reactive ketones (excluding diaryl/α,β-unsaturated/α-hetero) is 1. The van der Waals surface area contributed by atoms with Crippen LogP contribution in [0.1, 0.15) is 38.7 Å². The van der Waals surface area contributed by atoms with Crippen LogP contribution in [-0.2, 0) is 4.79 Å². The third-order valence-corrected chi connectivity index (χ3v) is 2.77. The maximum atomic E-state index is 11.1. The van der Waals surface area contributed by atoms with Gasteiger partial charge in [0.05, 0.1) is 0 Å². The first-order valence-corrected chi connectivity index (χ1v) is 5.16. The lowest BCUT2D eigenvalue weighted by molar-refractivity contribution is -0.120. The molecule has 0 spiro atoms. The number of rotatable bonds is 4. The van der Waals surface area contributed by atoms with Crippen molar-refractivity contribution in [2.45, 2.75) is 33.1 Å². The van der Waals surface area contributed by atoms with Gasteiger partial charge in [0.15, 0.2) is 0 Å². The first-order chi connectivity index (χ1) is 6.61. The molecule has 1 nitrogen and oxygen atoms in total. The Kier molecular flexibility index (Phi) is 3.87. The molecule has 0 aliphatic heterocycles. The van der Waals surface area contributed by atoms with Gasteiger partial charge >= 0.3 is 0 Å². The quantitative estimate of drug-likeness (QED) is 0.711. The van der Waals surface area contributed by atoms with Crippen LogP contribution in [0.25, 0.3) is 0 Å². The molecule has 0 heterocycles. The van der Waals surface area contributed by atoms with Crippen molar-refractivity contribution in [2.75, 3.05) is 0 Å². The van der Waals surface area contributed by atoms with Crippen molar-refractivity contribution >= 4 is 5.78 Å². The number of benzene rings is 1. The predicted octanol–water partition coefficient (Wildman–Crippen LogP) is 3.41. The van der Waals surface area contributed by atoms with E-state index in [1.165, 1.54) is 5.56 Å². The van der Waals surface area contributed by atoms with Crippen LogP contribution in [-0.4, -0.2) is 5.78 Å². The van der Waals surface area contributed by atoms with Gasteiger partial charge in [-0.05, 0) is 24.8 Å². The van der Waals surface area contributed by atoms with Gasteiger partial charge < -0.3 is 0 Å². The Bertz CT molecular complexity index is 289.